The van der Waals surface area contributed by atoms with Crippen LogP contribution in [0, 0.1) is 12.8 Å². The van der Waals surface area contributed by atoms with E-state index in [1.807, 2.05) is 20.8 Å². The molecule has 11 nitrogen and oxygen atoms in total. The Bertz CT molecular complexity index is 1750. The highest BCUT2D eigenvalue weighted by atomic mass is 32.2. The highest BCUT2D eigenvalue weighted by Gasteiger charge is 2.33. The number of pyridine rings is 1. The van der Waals surface area contributed by atoms with Crippen molar-refractivity contribution in [2.45, 2.75) is 76.3 Å². The summed E-state index contributed by atoms with van der Waals surface area (Å²) in [5.41, 5.74) is 3.95. The molecule has 6 rings (SSSR count). The van der Waals surface area contributed by atoms with E-state index in [-0.39, 0.29) is 34.6 Å². The average Bonchev–Trinajstić information content (AvgIpc) is 3.85. The molecule has 4 aromatic heterocycles. The molecule has 1 atom stereocenters. The largest absolute Gasteiger partial charge is 0.360 e. The van der Waals surface area contributed by atoms with E-state index < -0.39 is 9.84 Å². The van der Waals surface area contributed by atoms with Crippen molar-refractivity contribution in [3.8, 4) is 11.4 Å². The molecule has 1 N–H and O–H groups in total. The SMILES string of the molecule is CCCS(=O)(=O)c1ccc(CNc2nc3cnc(-c4c(C)ncnc4C4CC4)nc3n(C(C)C3CC3)c2=O)nc1. The quantitative estimate of drug-likeness (QED) is 0.302. The molecule has 0 radical (unpaired) electrons. The van der Waals surface area contributed by atoms with Crippen LogP contribution in [-0.4, -0.2) is 48.6 Å². The van der Waals surface area contributed by atoms with Crippen LogP contribution in [0.5, 0.6) is 0 Å². The smallest absolute Gasteiger partial charge is 0.295 e. The van der Waals surface area contributed by atoms with Gasteiger partial charge in [-0.15, -0.1) is 0 Å². The first-order chi connectivity index (χ1) is 19.3. The molecule has 40 heavy (non-hydrogen) atoms. The Morgan fingerprint density at radius 3 is 2.52 bits per heavy atom. The first-order valence-corrected chi connectivity index (χ1v) is 15.4. The van der Waals surface area contributed by atoms with Gasteiger partial charge >= 0.3 is 0 Å². The lowest BCUT2D eigenvalue weighted by molar-refractivity contribution is 0.482. The van der Waals surface area contributed by atoms with Crippen LogP contribution < -0.4 is 10.9 Å². The van der Waals surface area contributed by atoms with E-state index in [1.165, 1.54) is 6.20 Å². The standard InChI is InChI=1S/C28H32N8O3S/c1-4-11-40(38,39)21-10-9-20(29-13-21)12-30-26-28(37)36(17(3)18-5-6-18)27-22(34-26)14-31-25(35-27)23-16(2)32-15-33-24(23)19-7-8-19/h9-10,13-15,17-19H,4-8,11-12H2,1-3H3,(H,30,34). The number of hydrogen-bond acceptors (Lipinski definition) is 10. The highest BCUT2D eigenvalue weighted by molar-refractivity contribution is 7.91. The zero-order valence-corrected chi connectivity index (χ0v) is 23.6. The fourth-order valence-electron chi connectivity index (χ4n) is 5.10. The minimum atomic E-state index is -3.34. The fourth-order valence-corrected chi connectivity index (χ4v) is 6.36. The van der Waals surface area contributed by atoms with Crippen molar-refractivity contribution < 1.29 is 8.42 Å². The Morgan fingerprint density at radius 1 is 1.05 bits per heavy atom. The van der Waals surface area contributed by atoms with Gasteiger partial charge in [0.05, 0.1) is 46.0 Å². The highest BCUT2D eigenvalue weighted by Crippen LogP contribution is 2.43. The predicted molar refractivity (Wildman–Crippen MR) is 151 cm³/mol. The fraction of sp³-hybridized carbons (Fsp3) is 0.464. The molecule has 0 bridgehead atoms. The Balaban J connectivity index is 1.36. The van der Waals surface area contributed by atoms with E-state index in [0.29, 0.717) is 40.9 Å². The third kappa shape index (κ3) is 5.07. The van der Waals surface area contributed by atoms with Crippen LogP contribution in [0.2, 0.25) is 0 Å². The molecule has 4 heterocycles. The van der Waals surface area contributed by atoms with Crippen molar-refractivity contribution in [3.05, 3.63) is 58.3 Å². The van der Waals surface area contributed by atoms with Gasteiger partial charge in [-0.1, -0.05) is 6.92 Å². The first kappa shape index (κ1) is 26.4. The summed E-state index contributed by atoms with van der Waals surface area (Å²) in [6.07, 6.45) is 9.45. The number of aromatic nitrogens is 7. The number of sulfone groups is 1. The van der Waals surface area contributed by atoms with E-state index in [0.717, 1.165) is 42.6 Å². The lowest BCUT2D eigenvalue weighted by atomic mass is 10.1. The summed E-state index contributed by atoms with van der Waals surface area (Å²) in [5.74, 6) is 1.56. The van der Waals surface area contributed by atoms with Gasteiger partial charge in [-0.2, -0.15) is 0 Å². The molecule has 208 valence electrons. The Kier molecular flexibility index (Phi) is 6.81. The zero-order chi connectivity index (χ0) is 28.0. The van der Waals surface area contributed by atoms with Crippen LogP contribution >= 0.6 is 0 Å². The van der Waals surface area contributed by atoms with E-state index >= 15 is 0 Å². The first-order valence-electron chi connectivity index (χ1n) is 13.8. The lowest BCUT2D eigenvalue weighted by Crippen LogP contribution is -2.29. The molecule has 0 amide bonds. The minimum Gasteiger partial charge on any atom is -0.360 e. The summed E-state index contributed by atoms with van der Waals surface area (Å²) in [7, 11) is -3.34. The second-order valence-electron chi connectivity index (χ2n) is 10.8. The molecule has 2 aliphatic carbocycles. The molecule has 2 aliphatic rings. The van der Waals surface area contributed by atoms with Gasteiger partial charge in [0.1, 0.15) is 11.8 Å². The molecular weight excluding hydrogens is 528 g/mol. The molecular formula is C28H32N8O3S. The summed E-state index contributed by atoms with van der Waals surface area (Å²) in [6.45, 7) is 6.02. The second-order valence-corrected chi connectivity index (χ2v) is 12.9. The van der Waals surface area contributed by atoms with Gasteiger partial charge < -0.3 is 5.32 Å². The number of nitrogens with one attached hydrogen (secondary N) is 1. The second kappa shape index (κ2) is 10.3. The van der Waals surface area contributed by atoms with Crippen molar-refractivity contribution in [1.82, 2.24) is 34.5 Å². The summed E-state index contributed by atoms with van der Waals surface area (Å²) >= 11 is 0. The van der Waals surface area contributed by atoms with Crippen molar-refractivity contribution in [3.63, 3.8) is 0 Å². The van der Waals surface area contributed by atoms with Crippen LogP contribution in [0.4, 0.5) is 5.82 Å². The monoisotopic (exact) mass is 560 g/mol. The average molecular weight is 561 g/mol. The van der Waals surface area contributed by atoms with Crippen LogP contribution in [0.1, 0.15) is 75.0 Å². The minimum absolute atomic E-state index is 0.0569. The van der Waals surface area contributed by atoms with Crippen molar-refractivity contribution in [1.29, 1.82) is 0 Å². The zero-order valence-electron chi connectivity index (χ0n) is 22.8. The third-order valence-electron chi connectivity index (χ3n) is 7.66. The summed E-state index contributed by atoms with van der Waals surface area (Å²) in [4.78, 5) is 41.3. The van der Waals surface area contributed by atoms with Crippen molar-refractivity contribution in [2.75, 3.05) is 11.1 Å². The number of nitrogens with zero attached hydrogens (tertiary/aromatic N) is 7. The molecule has 2 fully saturated rings. The van der Waals surface area contributed by atoms with Crippen LogP contribution in [0.3, 0.4) is 0 Å². The summed E-state index contributed by atoms with van der Waals surface area (Å²) in [5, 5.41) is 3.12. The van der Waals surface area contributed by atoms with Gasteiger partial charge in [-0.05, 0) is 64.0 Å². The third-order valence-corrected chi connectivity index (χ3v) is 9.57. The van der Waals surface area contributed by atoms with Gasteiger partial charge in [0.15, 0.2) is 27.1 Å². The molecule has 0 aromatic carbocycles. The van der Waals surface area contributed by atoms with Gasteiger partial charge in [0, 0.05) is 18.2 Å². The van der Waals surface area contributed by atoms with E-state index in [2.05, 4.69) is 30.2 Å². The molecule has 1 unspecified atom stereocenters. The molecule has 0 spiro atoms. The molecule has 0 aliphatic heterocycles. The number of fused-ring (bicyclic) bond motifs is 1. The molecule has 2 saturated carbocycles. The maximum absolute atomic E-state index is 13.8. The van der Waals surface area contributed by atoms with Crippen molar-refractivity contribution >= 4 is 26.8 Å². The maximum atomic E-state index is 13.8. The van der Waals surface area contributed by atoms with E-state index in [9.17, 15) is 13.2 Å². The molecule has 12 heteroatoms. The van der Waals surface area contributed by atoms with E-state index in [4.69, 9.17) is 4.98 Å². The van der Waals surface area contributed by atoms with Gasteiger partial charge in [0.2, 0.25) is 0 Å². The summed E-state index contributed by atoms with van der Waals surface area (Å²) in [6, 6.07) is 3.15. The Labute approximate surface area is 232 Å². The molecule has 0 saturated heterocycles. The topological polar surface area (TPSA) is 146 Å². The van der Waals surface area contributed by atoms with Gasteiger partial charge in [-0.25, -0.2) is 33.3 Å². The number of aryl methyl sites for hydroxylation is 1. The lowest BCUT2D eigenvalue weighted by Gasteiger charge is -2.19. The number of rotatable bonds is 10. The Morgan fingerprint density at radius 2 is 1.85 bits per heavy atom. The Hall–Kier alpha value is -3.80. The number of hydrogen-bond donors (Lipinski definition) is 1. The van der Waals surface area contributed by atoms with Gasteiger partial charge in [-0.3, -0.25) is 14.3 Å². The van der Waals surface area contributed by atoms with E-state index in [1.54, 1.807) is 29.2 Å². The number of anilines is 1. The predicted octanol–water partition coefficient (Wildman–Crippen LogP) is 3.99. The van der Waals surface area contributed by atoms with Crippen LogP contribution in [0.15, 0.2) is 40.5 Å². The summed E-state index contributed by atoms with van der Waals surface area (Å²) < 4.78 is 26.4. The normalized spacial score (nSPS) is 16.3. The van der Waals surface area contributed by atoms with Crippen LogP contribution in [-0.2, 0) is 16.4 Å². The maximum Gasteiger partial charge on any atom is 0.295 e. The molecule has 4 aromatic rings. The van der Waals surface area contributed by atoms with Crippen molar-refractivity contribution in [2.24, 2.45) is 5.92 Å². The van der Waals surface area contributed by atoms with Gasteiger partial charge in [0.25, 0.3) is 5.56 Å². The van der Waals surface area contributed by atoms with Crippen LogP contribution in [0.25, 0.3) is 22.6 Å².